The molecule has 2 atom stereocenters. The standard InChI is InChI=1S/C12H23N3O4/c1-12(19,6-10(16)17)8-13-11(18)15-5-4-9(7-15)14(2)3/h9,19H,4-8H2,1-3H3,(H,13,18)(H,16,17). The summed E-state index contributed by atoms with van der Waals surface area (Å²) in [5.41, 5.74) is -1.43. The smallest absolute Gasteiger partial charge is 0.317 e. The van der Waals surface area contributed by atoms with Crippen LogP contribution >= 0.6 is 0 Å². The van der Waals surface area contributed by atoms with Crippen LogP contribution in [0, 0.1) is 0 Å². The molecule has 0 aromatic rings. The third-order valence-electron chi connectivity index (χ3n) is 3.33. The monoisotopic (exact) mass is 273 g/mol. The first-order valence-corrected chi connectivity index (χ1v) is 6.34. The minimum absolute atomic E-state index is 0.0682. The Labute approximate surface area is 113 Å². The number of aliphatic hydroxyl groups is 1. The molecule has 1 aliphatic rings. The molecule has 0 radical (unpaired) electrons. The highest BCUT2D eigenvalue weighted by Crippen LogP contribution is 2.13. The van der Waals surface area contributed by atoms with Gasteiger partial charge in [-0.1, -0.05) is 0 Å². The van der Waals surface area contributed by atoms with Crippen molar-refractivity contribution >= 4 is 12.0 Å². The molecule has 0 spiro atoms. The molecule has 1 heterocycles. The first-order valence-electron chi connectivity index (χ1n) is 6.34. The number of nitrogens with zero attached hydrogens (tertiary/aromatic N) is 2. The molecule has 0 aliphatic carbocycles. The van der Waals surface area contributed by atoms with Gasteiger partial charge < -0.3 is 25.3 Å². The molecule has 1 aliphatic heterocycles. The van der Waals surface area contributed by atoms with E-state index in [0.717, 1.165) is 6.42 Å². The van der Waals surface area contributed by atoms with E-state index in [0.29, 0.717) is 19.1 Å². The average Bonchev–Trinajstić information content (AvgIpc) is 2.73. The second-order valence-electron chi connectivity index (χ2n) is 5.58. The number of amides is 2. The van der Waals surface area contributed by atoms with E-state index in [2.05, 4.69) is 10.2 Å². The molecule has 1 saturated heterocycles. The first-order chi connectivity index (χ1) is 8.71. The Morgan fingerprint density at radius 3 is 2.58 bits per heavy atom. The van der Waals surface area contributed by atoms with Crippen LogP contribution in [0.2, 0.25) is 0 Å². The van der Waals surface area contributed by atoms with Crippen molar-refractivity contribution in [2.75, 3.05) is 33.7 Å². The molecule has 7 nitrogen and oxygen atoms in total. The van der Waals surface area contributed by atoms with Crippen LogP contribution in [0.1, 0.15) is 19.8 Å². The Kier molecular flexibility index (Phi) is 5.13. The molecule has 3 N–H and O–H groups in total. The lowest BCUT2D eigenvalue weighted by Gasteiger charge is -2.24. The molecule has 0 aromatic heterocycles. The Morgan fingerprint density at radius 1 is 1.47 bits per heavy atom. The molecular weight excluding hydrogens is 250 g/mol. The SMILES string of the molecule is CN(C)C1CCN(C(=O)NCC(C)(O)CC(=O)O)C1. The van der Waals surface area contributed by atoms with Crippen molar-refractivity contribution in [2.24, 2.45) is 0 Å². The zero-order valence-corrected chi connectivity index (χ0v) is 11.7. The average molecular weight is 273 g/mol. The van der Waals surface area contributed by atoms with Gasteiger partial charge in [-0.25, -0.2) is 4.79 Å². The van der Waals surface area contributed by atoms with Gasteiger partial charge in [-0.3, -0.25) is 4.79 Å². The number of carboxylic acids is 1. The summed E-state index contributed by atoms with van der Waals surface area (Å²) >= 11 is 0. The fourth-order valence-electron chi connectivity index (χ4n) is 2.11. The van der Waals surface area contributed by atoms with E-state index < -0.39 is 18.0 Å². The number of carboxylic acid groups (broad SMARTS) is 1. The Bertz CT molecular complexity index is 344. The number of hydrogen-bond acceptors (Lipinski definition) is 4. The van der Waals surface area contributed by atoms with E-state index in [1.807, 2.05) is 14.1 Å². The highest BCUT2D eigenvalue weighted by molar-refractivity contribution is 5.75. The first kappa shape index (κ1) is 15.7. The summed E-state index contributed by atoms with van der Waals surface area (Å²) < 4.78 is 0. The van der Waals surface area contributed by atoms with Crippen LogP contribution in [0.4, 0.5) is 4.79 Å². The number of urea groups is 1. The topological polar surface area (TPSA) is 93.1 Å². The number of hydrogen-bond donors (Lipinski definition) is 3. The number of carbonyl (C=O) groups excluding carboxylic acids is 1. The molecule has 0 aromatic carbocycles. The van der Waals surface area contributed by atoms with Crippen molar-refractivity contribution in [3.05, 3.63) is 0 Å². The summed E-state index contributed by atoms with van der Waals surface area (Å²) in [6, 6.07) is 0.0975. The minimum atomic E-state index is -1.43. The van der Waals surface area contributed by atoms with Gasteiger partial charge in [-0.05, 0) is 27.4 Å². The van der Waals surface area contributed by atoms with Gasteiger partial charge in [0.15, 0.2) is 0 Å². The highest BCUT2D eigenvalue weighted by atomic mass is 16.4. The van der Waals surface area contributed by atoms with E-state index in [1.165, 1.54) is 6.92 Å². The lowest BCUT2D eigenvalue weighted by Crippen LogP contribution is -2.47. The van der Waals surface area contributed by atoms with Crippen LogP contribution in [-0.4, -0.2) is 77.4 Å². The van der Waals surface area contributed by atoms with E-state index in [4.69, 9.17) is 5.11 Å². The third-order valence-corrected chi connectivity index (χ3v) is 3.33. The van der Waals surface area contributed by atoms with Crippen LogP contribution in [0.5, 0.6) is 0 Å². The van der Waals surface area contributed by atoms with Crippen molar-refractivity contribution in [1.29, 1.82) is 0 Å². The highest BCUT2D eigenvalue weighted by Gasteiger charge is 2.29. The van der Waals surface area contributed by atoms with Crippen molar-refractivity contribution in [3.63, 3.8) is 0 Å². The van der Waals surface area contributed by atoms with Crippen molar-refractivity contribution < 1.29 is 19.8 Å². The summed E-state index contributed by atoms with van der Waals surface area (Å²) in [5, 5.41) is 21.0. The predicted molar refractivity (Wildman–Crippen MR) is 69.9 cm³/mol. The molecule has 110 valence electrons. The quantitative estimate of drug-likeness (QED) is 0.631. The number of aliphatic carboxylic acids is 1. The van der Waals surface area contributed by atoms with Gasteiger partial charge in [0.25, 0.3) is 0 Å². The Balaban J connectivity index is 2.38. The summed E-state index contributed by atoms with van der Waals surface area (Å²) in [6.07, 6.45) is 0.527. The number of likely N-dealkylation sites (N-methyl/N-ethyl adjacent to an activating group) is 1. The van der Waals surface area contributed by atoms with E-state index in [1.54, 1.807) is 4.90 Å². The van der Waals surface area contributed by atoms with Crippen molar-refractivity contribution in [2.45, 2.75) is 31.4 Å². The maximum absolute atomic E-state index is 11.9. The second kappa shape index (κ2) is 6.21. The Hall–Kier alpha value is -1.34. The summed E-state index contributed by atoms with van der Waals surface area (Å²) in [5.74, 6) is -1.09. The van der Waals surface area contributed by atoms with E-state index in [-0.39, 0.29) is 12.6 Å². The number of carbonyl (C=O) groups is 2. The van der Waals surface area contributed by atoms with Gasteiger partial charge >= 0.3 is 12.0 Å². The van der Waals surface area contributed by atoms with Gasteiger partial charge in [0.2, 0.25) is 0 Å². The van der Waals surface area contributed by atoms with Crippen LogP contribution in [0.15, 0.2) is 0 Å². The maximum Gasteiger partial charge on any atom is 0.317 e. The van der Waals surface area contributed by atoms with Gasteiger partial charge in [0, 0.05) is 25.7 Å². The van der Waals surface area contributed by atoms with Crippen LogP contribution < -0.4 is 5.32 Å². The normalized spacial score (nSPS) is 22.4. The molecule has 7 heteroatoms. The Morgan fingerprint density at radius 2 is 2.11 bits per heavy atom. The number of nitrogens with one attached hydrogen (secondary N) is 1. The molecule has 19 heavy (non-hydrogen) atoms. The van der Waals surface area contributed by atoms with Gasteiger partial charge in [0.05, 0.1) is 12.0 Å². The molecule has 1 fully saturated rings. The predicted octanol–water partition coefficient (Wildman–Crippen LogP) is -0.442. The van der Waals surface area contributed by atoms with Crippen LogP contribution in [0.25, 0.3) is 0 Å². The second-order valence-corrected chi connectivity index (χ2v) is 5.58. The minimum Gasteiger partial charge on any atom is -0.481 e. The third kappa shape index (κ3) is 5.04. The lowest BCUT2D eigenvalue weighted by molar-refractivity contribution is -0.141. The lowest BCUT2D eigenvalue weighted by atomic mass is 10.0. The van der Waals surface area contributed by atoms with Crippen LogP contribution in [-0.2, 0) is 4.79 Å². The zero-order chi connectivity index (χ0) is 14.6. The summed E-state index contributed by atoms with van der Waals surface area (Å²) in [4.78, 5) is 26.2. The van der Waals surface area contributed by atoms with E-state index >= 15 is 0 Å². The fourth-order valence-corrected chi connectivity index (χ4v) is 2.11. The molecule has 2 amide bonds. The van der Waals surface area contributed by atoms with E-state index in [9.17, 15) is 14.7 Å². The summed E-state index contributed by atoms with van der Waals surface area (Å²) in [7, 11) is 3.95. The van der Waals surface area contributed by atoms with Crippen LogP contribution in [0.3, 0.4) is 0 Å². The van der Waals surface area contributed by atoms with Gasteiger partial charge in [-0.15, -0.1) is 0 Å². The molecule has 1 rings (SSSR count). The number of rotatable bonds is 5. The van der Waals surface area contributed by atoms with Gasteiger partial charge in [0.1, 0.15) is 0 Å². The van der Waals surface area contributed by atoms with Gasteiger partial charge in [-0.2, -0.15) is 0 Å². The van der Waals surface area contributed by atoms with Crippen molar-refractivity contribution in [3.8, 4) is 0 Å². The largest absolute Gasteiger partial charge is 0.481 e. The van der Waals surface area contributed by atoms with Crippen molar-refractivity contribution in [1.82, 2.24) is 15.1 Å². The molecule has 0 bridgehead atoms. The summed E-state index contributed by atoms with van der Waals surface area (Å²) in [6.45, 7) is 2.66. The maximum atomic E-state index is 11.9. The molecule has 2 unspecified atom stereocenters. The molecular formula is C12H23N3O4. The zero-order valence-electron chi connectivity index (χ0n) is 11.7. The molecule has 0 saturated carbocycles. The number of likely N-dealkylation sites (tertiary alicyclic amines) is 1. The fraction of sp³-hybridized carbons (Fsp3) is 0.833.